The van der Waals surface area contributed by atoms with Gasteiger partial charge in [0.2, 0.25) is 0 Å². The van der Waals surface area contributed by atoms with Gasteiger partial charge in [0, 0.05) is 0 Å². The van der Waals surface area contributed by atoms with Gasteiger partial charge in [-0.2, -0.15) is 13.2 Å². The van der Waals surface area contributed by atoms with E-state index in [2.05, 4.69) is 4.65 Å². The summed E-state index contributed by atoms with van der Waals surface area (Å²) in [5.41, 5.74) is 0. The van der Waals surface area contributed by atoms with Crippen LogP contribution >= 0.6 is 0 Å². The molecule has 0 saturated carbocycles. The molecule has 0 saturated heterocycles. The quantitative estimate of drug-likeness (QED) is 0.588. The SMILES string of the molecule is OB(O)OC(F)=C(F)F.c1ccccc1. The van der Waals surface area contributed by atoms with Gasteiger partial charge in [0.15, 0.2) is 0 Å². The van der Waals surface area contributed by atoms with Crippen LogP contribution in [0.4, 0.5) is 13.2 Å². The predicted octanol–water partition coefficient (Wildman–Crippen LogP) is 1.69. The summed E-state index contributed by atoms with van der Waals surface area (Å²) in [6.45, 7) is 0. The van der Waals surface area contributed by atoms with Crippen molar-refractivity contribution in [2.45, 2.75) is 0 Å². The Balaban J connectivity index is 0.000000280. The van der Waals surface area contributed by atoms with Crippen LogP contribution in [0.3, 0.4) is 0 Å². The van der Waals surface area contributed by atoms with Crippen LogP contribution in [0.1, 0.15) is 0 Å². The molecule has 15 heavy (non-hydrogen) atoms. The molecular formula is C8H8BF3O3. The molecule has 1 aromatic carbocycles. The second kappa shape index (κ2) is 7.89. The van der Waals surface area contributed by atoms with Crippen molar-refractivity contribution in [2.24, 2.45) is 0 Å². The average molecular weight is 220 g/mol. The lowest BCUT2D eigenvalue weighted by Gasteiger charge is -1.96. The van der Waals surface area contributed by atoms with Crippen molar-refractivity contribution >= 4 is 7.32 Å². The number of halogens is 3. The van der Waals surface area contributed by atoms with Crippen LogP contribution in [0.5, 0.6) is 0 Å². The van der Waals surface area contributed by atoms with E-state index in [1.807, 2.05) is 36.4 Å². The van der Waals surface area contributed by atoms with E-state index in [9.17, 15) is 13.2 Å². The Morgan fingerprint density at radius 1 is 0.867 bits per heavy atom. The summed E-state index contributed by atoms with van der Waals surface area (Å²) in [6.07, 6.45) is -2.73. The first-order valence-corrected chi connectivity index (χ1v) is 3.77. The van der Waals surface area contributed by atoms with Gasteiger partial charge in [-0.25, -0.2) is 0 Å². The summed E-state index contributed by atoms with van der Waals surface area (Å²) >= 11 is 0. The third-order valence-corrected chi connectivity index (χ3v) is 1.02. The van der Waals surface area contributed by atoms with E-state index in [4.69, 9.17) is 10.0 Å². The molecule has 82 valence electrons. The van der Waals surface area contributed by atoms with E-state index in [-0.39, 0.29) is 0 Å². The maximum atomic E-state index is 11.4. The maximum Gasteiger partial charge on any atom is 0.709 e. The summed E-state index contributed by atoms with van der Waals surface area (Å²) in [6, 6.07) is 9.71. The van der Waals surface area contributed by atoms with E-state index in [1.165, 1.54) is 0 Å². The van der Waals surface area contributed by atoms with Crippen molar-refractivity contribution in [2.75, 3.05) is 0 Å². The van der Waals surface area contributed by atoms with Gasteiger partial charge in [0.1, 0.15) is 0 Å². The number of rotatable bonds is 2. The minimum Gasteiger partial charge on any atom is -0.487 e. The van der Waals surface area contributed by atoms with Crippen molar-refractivity contribution < 1.29 is 27.9 Å². The molecule has 0 heterocycles. The Labute approximate surface area is 84.6 Å². The van der Waals surface area contributed by atoms with Crippen molar-refractivity contribution in [3.8, 4) is 0 Å². The average Bonchev–Trinajstić information content (AvgIpc) is 2.20. The summed E-state index contributed by atoms with van der Waals surface area (Å²) in [7, 11) is -2.55. The fourth-order valence-electron chi connectivity index (χ4n) is 0.522. The zero-order chi connectivity index (χ0) is 11.7. The molecule has 0 atom stereocenters. The minimum absolute atomic E-state index is 2.00. The Kier molecular flexibility index (Phi) is 7.12. The Morgan fingerprint density at radius 2 is 1.20 bits per heavy atom. The fourth-order valence-corrected chi connectivity index (χ4v) is 0.522. The molecule has 0 aliphatic carbocycles. The maximum absolute atomic E-state index is 11.4. The third-order valence-electron chi connectivity index (χ3n) is 1.02. The molecule has 1 aromatic rings. The Hall–Kier alpha value is -1.47. The highest BCUT2D eigenvalue weighted by molar-refractivity contribution is 6.33. The highest BCUT2D eigenvalue weighted by Crippen LogP contribution is 2.09. The molecule has 0 aliphatic heterocycles. The molecule has 0 fully saturated rings. The number of benzene rings is 1. The van der Waals surface area contributed by atoms with Crippen molar-refractivity contribution in [3.05, 3.63) is 48.5 Å². The second-order valence-corrected chi connectivity index (χ2v) is 2.13. The topological polar surface area (TPSA) is 49.7 Å². The van der Waals surface area contributed by atoms with Crippen molar-refractivity contribution in [1.29, 1.82) is 0 Å². The molecule has 1 rings (SSSR count). The highest BCUT2D eigenvalue weighted by atomic mass is 19.3. The first kappa shape index (κ1) is 13.5. The van der Waals surface area contributed by atoms with Gasteiger partial charge < -0.3 is 14.7 Å². The van der Waals surface area contributed by atoms with Crippen LogP contribution in [0, 0.1) is 0 Å². The molecule has 0 unspecified atom stereocenters. The molecule has 0 radical (unpaired) electrons. The molecule has 3 nitrogen and oxygen atoms in total. The van der Waals surface area contributed by atoms with E-state index in [0.29, 0.717) is 0 Å². The third kappa shape index (κ3) is 8.85. The predicted molar refractivity (Wildman–Crippen MR) is 48.1 cm³/mol. The first-order valence-electron chi connectivity index (χ1n) is 3.77. The van der Waals surface area contributed by atoms with Crippen molar-refractivity contribution in [3.63, 3.8) is 0 Å². The van der Waals surface area contributed by atoms with Gasteiger partial charge in [0.05, 0.1) is 0 Å². The van der Waals surface area contributed by atoms with E-state index in [0.717, 1.165) is 0 Å². The van der Waals surface area contributed by atoms with E-state index >= 15 is 0 Å². The zero-order valence-electron chi connectivity index (χ0n) is 7.48. The van der Waals surface area contributed by atoms with Gasteiger partial charge in [-0.05, 0) is 0 Å². The zero-order valence-corrected chi connectivity index (χ0v) is 7.48. The van der Waals surface area contributed by atoms with E-state index in [1.54, 1.807) is 0 Å². The lowest BCUT2D eigenvalue weighted by molar-refractivity contribution is 0.165. The standard InChI is InChI=1S/C6H6.C2H2BF3O3/c1-2-4-6-5-3-1;4-1(5)2(6)9-3(7)8/h1-6H;7-8H. The van der Waals surface area contributed by atoms with Crippen LogP contribution in [0.25, 0.3) is 0 Å². The normalized spacial score (nSPS) is 8.33. The van der Waals surface area contributed by atoms with Crippen molar-refractivity contribution in [1.82, 2.24) is 0 Å². The Morgan fingerprint density at radius 3 is 1.33 bits per heavy atom. The molecule has 0 amide bonds. The summed E-state index contributed by atoms with van der Waals surface area (Å²) in [5, 5.41) is 15.4. The number of hydrogen-bond donors (Lipinski definition) is 2. The molecule has 0 aliphatic rings. The van der Waals surface area contributed by atoms with E-state index < -0.39 is 19.4 Å². The van der Waals surface area contributed by atoms with Crippen LogP contribution in [-0.2, 0) is 4.65 Å². The van der Waals surface area contributed by atoms with Crippen LogP contribution in [0.2, 0.25) is 0 Å². The summed E-state index contributed by atoms with van der Waals surface area (Å²) in [5.74, 6) is 0. The number of hydrogen-bond acceptors (Lipinski definition) is 3. The second-order valence-electron chi connectivity index (χ2n) is 2.13. The lowest BCUT2D eigenvalue weighted by atomic mass is 10.3. The van der Waals surface area contributed by atoms with Gasteiger partial charge in [-0.15, -0.1) is 0 Å². The largest absolute Gasteiger partial charge is 0.709 e. The highest BCUT2D eigenvalue weighted by Gasteiger charge is 2.16. The van der Waals surface area contributed by atoms with Gasteiger partial charge >= 0.3 is 19.4 Å². The Bertz CT molecular complexity index is 262. The molecule has 0 aromatic heterocycles. The smallest absolute Gasteiger partial charge is 0.487 e. The molecule has 0 spiro atoms. The summed E-state index contributed by atoms with van der Waals surface area (Å²) < 4.78 is 36.3. The van der Waals surface area contributed by atoms with Gasteiger partial charge in [-0.1, -0.05) is 36.4 Å². The first-order chi connectivity index (χ1) is 7.04. The van der Waals surface area contributed by atoms with Gasteiger partial charge in [0.25, 0.3) is 0 Å². The monoisotopic (exact) mass is 220 g/mol. The molecule has 0 bridgehead atoms. The summed E-state index contributed by atoms with van der Waals surface area (Å²) in [4.78, 5) is 0. The molecule has 7 heteroatoms. The van der Waals surface area contributed by atoms with Crippen LogP contribution in [0.15, 0.2) is 48.5 Å². The molecular weight excluding hydrogens is 212 g/mol. The lowest BCUT2D eigenvalue weighted by Crippen LogP contribution is -2.15. The van der Waals surface area contributed by atoms with Gasteiger partial charge in [-0.3, -0.25) is 0 Å². The minimum atomic E-state index is -2.73. The molecule has 2 N–H and O–H groups in total. The van der Waals surface area contributed by atoms with Crippen LogP contribution < -0.4 is 0 Å². The fraction of sp³-hybridized carbons (Fsp3) is 0. The van der Waals surface area contributed by atoms with Crippen LogP contribution in [-0.4, -0.2) is 17.4 Å².